The molecule has 0 bridgehead atoms. The van der Waals surface area contributed by atoms with E-state index in [0.717, 1.165) is 49.0 Å². The molecule has 61 heavy (non-hydrogen) atoms. The van der Waals surface area contributed by atoms with Gasteiger partial charge in [-0.3, -0.25) is 14.5 Å². The van der Waals surface area contributed by atoms with Crippen LogP contribution in [0, 0.1) is 11.6 Å². The Morgan fingerprint density at radius 2 is 1.41 bits per heavy atom. The van der Waals surface area contributed by atoms with Crippen LogP contribution in [0.3, 0.4) is 0 Å². The van der Waals surface area contributed by atoms with E-state index >= 15 is 0 Å². The summed E-state index contributed by atoms with van der Waals surface area (Å²) in [7, 11) is 0. The highest BCUT2D eigenvalue weighted by Gasteiger charge is 2.30. The topological polar surface area (TPSA) is 183 Å². The molecule has 0 spiro atoms. The average molecular weight is 855 g/mol. The first-order chi connectivity index (χ1) is 29.0. The molecule has 0 saturated carbocycles. The molecule has 0 aliphatic carbocycles. The number of para-hydroxylation sites is 1. The Morgan fingerprint density at radius 1 is 0.803 bits per heavy atom. The van der Waals surface area contributed by atoms with Crippen LogP contribution in [0.1, 0.15) is 28.9 Å². The zero-order valence-corrected chi connectivity index (χ0v) is 32.6. The third-order valence-corrected chi connectivity index (χ3v) is 9.95. The molecule has 2 atom stereocenters. The molecule has 4 aromatic carbocycles. The molecule has 1 fully saturated rings. The first-order valence-electron chi connectivity index (χ1n) is 19.1. The van der Waals surface area contributed by atoms with Crippen molar-refractivity contribution in [3.05, 3.63) is 135 Å². The normalized spacial score (nSPS) is 14.1. The lowest BCUT2D eigenvalue weighted by molar-refractivity contribution is -0.165. The van der Waals surface area contributed by atoms with Crippen LogP contribution in [0.4, 0.5) is 22.0 Å². The fraction of sp³-hybridized carbons (Fsp3) is 0.326. The van der Waals surface area contributed by atoms with Crippen molar-refractivity contribution in [3.63, 3.8) is 0 Å². The highest BCUT2D eigenvalue weighted by atomic mass is 19.4. The number of aryl methyl sites for hydroxylation is 2. The monoisotopic (exact) mass is 854 g/mol. The van der Waals surface area contributed by atoms with E-state index in [9.17, 15) is 41.1 Å². The van der Waals surface area contributed by atoms with Crippen molar-refractivity contribution in [3.8, 4) is 11.1 Å². The first kappa shape index (κ1) is 46.0. The molecule has 5 aromatic rings. The van der Waals surface area contributed by atoms with E-state index in [1.54, 1.807) is 33.7 Å². The van der Waals surface area contributed by atoms with Crippen molar-refractivity contribution in [2.24, 2.45) is 0 Å². The Labute approximate surface area is 345 Å². The molecule has 4 N–H and O–H groups in total. The summed E-state index contributed by atoms with van der Waals surface area (Å²) < 4.78 is 74.8. The third kappa shape index (κ3) is 12.5. The predicted molar refractivity (Wildman–Crippen MR) is 211 cm³/mol. The molecule has 18 heteroatoms. The van der Waals surface area contributed by atoms with E-state index in [1.807, 2.05) is 24.3 Å². The van der Waals surface area contributed by atoms with Crippen LogP contribution in [-0.2, 0) is 51.2 Å². The summed E-state index contributed by atoms with van der Waals surface area (Å²) in [5.41, 5.74) is 1.66. The second-order valence-electron chi connectivity index (χ2n) is 14.1. The van der Waals surface area contributed by atoms with E-state index < -0.39 is 53.1 Å². The zero-order valence-electron chi connectivity index (χ0n) is 32.6. The number of hydrogen-bond acceptors (Lipinski definition) is 9. The molecule has 1 saturated heterocycles. The van der Waals surface area contributed by atoms with Crippen molar-refractivity contribution in [1.29, 1.82) is 0 Å². The summed E-state index contributed by atoms with van der Waals surface area (Å²) >= 11 is 0. The van der Waals surface area contributed by atoms with Gasteiger partial charge >= 0.3 is 18.1 Å². The fourth-order valence-electron chi connectivity index (χ4n) is 6.60. The number of rotatable bonds is 15. The number of aliphatic hydroxyl groups excluding tert-OH is 2. The molecular weight excluding hydrogens is 811 g/mol. The van der Waals surface area contributed by atoms with Crippen LogP contribution in [0.25, 0.3) is 22.0 Å². The lowest BCUT2D eigenvalue weighted by Crippen LogP contribution is -2.40. The predicted octanol–water partition coefficient (Wildman–Crippen LogP) is 4.77. The molecule has 1 amide bonds. The fourth-order valence-corrected chi connectivity index (χ4v) is 6.60. The van der Waals surface area contributed by atoms with Crippen molar-refractivity contribution in [2.75, 3.05) is 39.4 Å². The maximum Gasteiger partial charge on any atom is 0.416 e. The summed E-state index contributed by atoms with van der Waals surface area (Å²) in [6.07, 6.45) is -8.09. The quantitative estimate of drug-likeness (QED) is 0.107. The van der Waals surface area contributed by atoms with Gasteiger partial charge in [-0.2, -0.15) is 18.2 Å². The Bertz CT molecular complexity index is 2330. The number of hydrogen-bond donors (Lipinski definition) is 4. The Hall–Kier alpha value is -6.08. The third-order valence-electron chi connectivity index (χ3n) is 9.95. The number of ether oxygens (including phenoxy) is 1. The van der Waals surface area contributed by atoms with Gasteiger partial charge in [-0.05, 0) is 65.4 Å². The van der Waals surface area contributed by atoms with Crippen molar-refractivity contribution in [2.45, 2.75) is 50.7 Å². The zero-order chi connectivity index (χ0) is 44.3. The second-order valence-corrected chi connectivity index (χ2v) is 14.1. The van der Waals surface area contributed by atoms with Gasteiger partial charge in [0, 0.05) is 39.1 Å². The number of carbonyl (C=O) groups excluding carboxylic acids is 1. The summed E-state index contributed by atoms with van der Waals surface area (Å²) in [5, 5.41) is 32.9. The Balaban J connectivity index is 0.000000626. The number of morpholine rings is 1. The number of carboxylic acid groups (broad SMARTS) is 2. The number of carboxylic acids is 2. The van der Waals surface area contributed by atoms with Gasteiger partial charge in [0.2, 0.25) is 5.91 Å². The number of aliphatic hydroxyl groups is 2. The molecule has 1 aliphatic rings. The van der Waals surface area contributed by atoms with E-state index in [-0.39, 0.29) is 43.2 Å². The number of nitrogens with zero attached hydrogens (tertiary/aromatic N) is 4. The van der Waals surface area contributed by atoms with Gasteiger partial charge in [0.15, 0.2) is 23.8 Å². The minimum Gasteiger partial charge on any atom is -0.479 e. The molecular formula is C43H43F5N4O9. The molecule has 2 heterocycles. The average Bonchev–Trinajstić information content (AvgIpc) is 3.25. The van der Waals surface area contributed by atoms with E-state index in [1.165, 1.54) is 24.3 Å². The SMILES string of the molecule is O=C(Cn1c(CCc2cccc(F)c2F)nc(=O)c2ccccc21)N(CCCN1CCOCC1)Cc1ccc(-c2ccc(C(F)(F)F)cc2)cc1.O=C(O)C(O)C(O)C(=O)O. The van der Waals surface area contributed by atoms with Crippen LogP contribution in [0.2, 0.25) is 0 Å². The minimum absolute atomic E-state index is 0.0666. The van der Waals surface area contributed by atoms with Gasteiger partial charge in [-0.1, -0.05) is 60.7 Å². The Kier molecular flexibility index (Phi) is 15.8. The van der Waals surface area contributed by atoms with E-state index in [2.05, 4.69) is 9.88 Å². The minimum atomic E-state index is -4.42. The number of amides is 1. The lowest BCUT2D eigenvalue weighted by atomic mass is 10.0. The number of fused-ring (bicyclic) bond motifs is 1. The van der Waals surface area contributed by atoms with Crippen molar-refractivity contribution < 1.29 is 61.5 Å². The number of halogens is 5. The lowest BCUT2D eigenvalue weighted by Gasteiger charge is -2.29. The largest absolute Gasteiger partial charge is 0.479 e. The summed E-state index contributed by atoms with van der Waals surface area (Å²) in [6, 6.07) is 23.1. The second kappa shape index (κ2) is 20.9. The number of alkyl halides is 3. The van der Waals surface area contributed by atoms with Crippen molar-refractivity contribution in [1.82, 2.24) is 19.4 Å². The molecule has 6 rings (SSSR count). The van der Waals surface area contributed by atoms with E-state index in [0.29, 0.717) is 42.6 Å². The van der Waals surface area contributed by atoms with Gasteiger partial charge in [-0.25, -0.2) is 18.4 Å². The molecule has 13 nitrogen and oxygen atoms in total. The molecule has 0 radical (unpaired) electrons. The van der Waals surface area contributed by atoms with Gasteiger partial charge in [0.1, 0.15) is 12.4 Å². The summed E-state index contributed by atoms with van der Waals surface area (Å²) in [4.78, 5) is 55.1. The van der Waals surface area contributed by atoms with Gasteiger partial charge in [-0.15, -0.1) is 0 Å². The highest BCUT2D eigenvalue weighted by Crippen LogP contribution is 2.31. The van der Waals surface area contributed by atoms with Crippen LogP contribution in [0.15, 0.2) is 95.8 Å². The number of benzene rings is 4. The van der Waals surface area contributed by atoms with Crippen LogP contribution in [-0.4, -0.2) is 109 Å². The molecule has 1 aliphatic heterocycles. The molecule has 324 valence electrons. The van der Waals surface area contributed by atoms with Gasteiger partial charge in [0.05, 0.1) is 29.7 Å². The molecule has 2 unspecified atom stereocenters. The molecule has 1 aromatic heterocycles. The first-order valence-corrected chi connectivity index (χ1v) is 19.1. The maximum atomic E-state index is 14.5. The summed E-state index contributed by atoms with van der Waals surface area (Å²) in [6.45, 7) is 4.26. The van der Waals surface area contributed by atoms with Gasteiger partial charge < -0.3 is 34.6 Å². The smallest absolute Gasteiger partial charge is 0.416 e. The Morgan fingerprint density at radius 3 is 2.02 bits per heavy atom. The summed E-state index contributed by atoms with van der Waals surface area (Å²) in [5.74, 6) is -5.40. The van der Waals surface area contributed by atoms with Crippen LogP contribution < -0.4 is 5.56 Å². The highest BCUT2D eigenvalue weighted by molar-refractivity contribution is 5.83. The number of carbonyl (C=O) groups is 3. The standard InChI is InChI=1S/C39H37F5N4O3.C4H6O6/c40-33-7-3-5-30(37(33)41)15-18-35-45-38(50)32-6-1-2-8-34(32)48(35)26-36(49)47(20-4-19-46-21-23-51-24-22-46)25-27-9-11-28(12-10-27)29-13-16-31(17-14-29)39(42,43)44;5-1(3(7)8)2(6)4(9)10/h1-3,5-14,16-17H,4,15,18-26H2;1-2,5-6H,(H,7,8)(H,9,10). The van der Waals surface area contributed by atoms with E-state index in [4.69, 9.17) is 25.2 Å². The number of aliphatic carboxylic acids is 2. The van der Waals surface area contributed by atoms with Crippen LogP contribution in [0.5, 0.6) is 0 Å². The maximum absolute atomic E-state index is 14.5. The van der Waals surface area contributed by atoms with Crippen molar-refractivity contribution >= 4 is 28.7 Å². The number of aromatic nitrogens is 2. The van der Waals surface area contributed by atoms with Gasteiger partial charge in [0.25, 0.3) is 5.56 Å². The van der Waals surface area contributed by atoms with Crippen LogP contribution >= 0.6 is 0 Å².